The number of halogens is 5. The first-order valence-electron chi connectivity index (χ1n) is 4.08. The maximum absolute atomic E-state index is 12.9. The number of rotatable bonds is 4. The Balaban J connectivity index is 3.13. The molecule has 0 fully saturated rings. The van der Waals surface area contributed by atoms with Crippen molar-refractivity contribution >= 4 is 6.29 Å². The van der Waals surface area contributed by atoms with Crippen LogP contribution in [0.1, 0.15) is 6.42 Å². The van der Waals surface area contributed by atoms with E-state index in [1.807, 2.05) is 0 Å². The molecular weight excluding hydrogens is 235 g/mol. The molecule has 0 radical (unpaired) electrons. The summed E-state index contributed by atoms with van der Waals surface area (Å²) in [6.07, 6.45) is 0.158. The fourth-order valence-corrected chi connectivity index (χ4v) is 0.921. The van der Waals surface area contributed by atoms with Crippen LogP contribution in [0, 0.1) is 29.1 Å². The highest BCUT2D eigenvalue weighted by Gasteiger charge is 2.26. The van der Waals surface area contributed by atoms with Crippen molar-refractivity contribution in [1.29, 1.82) is 0 Å². The zero-order valence-corrected chi connectivity index (χ0v) is 7.70. The minimum absolute atomic E-state index is 0.223. The summed E-state index contributed by atoms with van der Waals surface area (Å²) in [5.41, 5.74) is 0. The summed E-state index contributed by atoms with van der Waals surface area (Å²) < 4.78 is 67.8. The highest BCUT2D eigenvalue weighted by Crippen LogP contribution is 2.28. The topological polar surface area (TPSA) is 26.3 Å². The van der Waals surface area contributed by atoms with Crippen LogP contribution in [0.15, 0.2) is 0 Å². The molecule has 0 unspecified atom stereocenters. The first kappa shape index (κ1) is 12.4. The van der Waals surface area contributed by atoms with Crippen molar-refractivity contribution < 1.29 is 31.5 Å². The van der Waals surface area contributed by atoms with Gasteiger partial charge in [-0.2, -0.15) is 8.78 Å². The van der Waals surface area contributed by atoms with Gasteiger partial charge in [0.25, 0.3) is 0 Å². The van der Waals surface area contributed by atoms with E-state index in [9.17, 15) is 26.7 Å². The summed E-state index contributed by atoms with van der Waals surface area (Å²) in [6, 6.07) is 0. The van der Waals surface area contributed by atoms with Crippen LogP contribution < -0.4 is 4.74 Å². The summed E-state index contributed by atoms with van der Waals surface area (Å²) in [4.78, 5) is 9.88. The molecule has 0 aromatic heterocycles. The van der Waals surface area contributed by atoms with Crippen LogP contribution in [0.4, 0.5) is 22.0 Å². The van der Waals surface area contributed by atoms with Gasteiger partial charge in [-0.1, -0.05) is 0 Å². The number of ether oxygens (including phenoxy) is 1. The Labute approximate surface area is 86.6 Å². The quantitative estimate of drug-likeness (QED) is 0.265. The summed E-state index contributed by atoms with van der Waals surface area (Å²) in [5, 5.41) is 0. The number of carbonyl (C=O) groups excluding carboxylic acids is 1. The molecule has 0 saturated carbocycles. The van der Waals surface area contributed by atoms with Gasteiger partial charge in [0.05, 0.1) is 6.61 Å². The third-order valence-electron chi connectivity index (χ3n) is 1.65. The Morgan fingerprint density at radius 3 is 1.75 bits per heavy atom. The number of hydrogen-bond acceptors (Lipinski definition) is 2. The van der Waals surface area contributed by atoms with Gasteiger partial charge in [-0.25, -0.2) is 13.2 Å². The summed E-state index contributed by atoms with van der Waals surface area (Å²) in [7, 11) is 0. The molecule has 1 aromatic carbocycles. The van der Waals surface area contributed by atoms with Gasteiger partial charge in [0.2, 0.25) is 29.1 Å². The zero-order chi connectivity index (χ0) is 12.3. The van der Waals surface area contributed by atoms with E-state index in [0.717, 1.165) is 0 Å². The summed E-state index contributed by atoms with van der Waals surface area (Å²) in [6.45, 7) is -0.470. The zero-order valence-electron chi connectivity index (χ0n) is 7.70. The third-order valence-corrected chi connectivity index (χ3v) is 1.65. The van der Waals surface area contributed by atoms with Crippen LogP contribution >= 0.6 is 0 Å². The van der Waals surface area contributed by atoms with E-state index in [1.165, 1.54) is 0 Å². The second kappa shape index (κ2) is 4.91. The normalized spacial score (nSPS) is 10.3. The first-order chi connectivity index (χ1) is 7.50. The van der Waals surface area contributed by atoms with Gasteiger partial charge in [-0.15, -0.1) is 0 Å². The predicted octanol–water partition coefficient (Wildman–Crippen LogP) is 2.35. The molecule has 0 atom stereocenters. The van der Waals surface area contributed by atoms with Crippen LogP contribution in [-0.4, -0.2) is 12.9 Å². The van der Waals surface area contributed by atoms with Crippen LogP contribution in [0.2, 0.25) is 0 Å². The highest BCUT2D eigenvalue weighted by molar-refractivity contribution is 5.49. The molecule has 0 aliphatic heterocycles. The Bertz CT molecular complexity index is 390. The molecular formula is C9H5F5O2. The van der Waals surface area contributed by atoms with E-state index < -0.39 is 41.4 Å². The van der Waals surface area contributed by atoms with Crippen molar-refractivity contribution in [3.8, 4) is 5.75 Å². The number of benzene rings is 1. The molecule has 1 aromatic rings. The van der Waals surface area contributed by atoms with Crippen molar-refractivity contribution in [2.24, 2.45) is 0 Å². The van der Waals surface area contributed by atoms with Crippen molar-refractivity contribution in [1.82, 2.24) is 0 Å². The molecule has 0 aliphatic carbocycles. The van der Waals surface area contributed by atoms with Gasteiger partial charge in [-0.3, -0.25) is 0 Å². The fraction of sp³-hybridized carbons (Fsp3) is 0.222. The Kier molecular flexibility index (Phi) is 3.81. The van der Waals surface area contributed by atoms with E-state index in [0.29, 0.717) is 6.29 Å². The molecule has 0 heterocycles. The van der Waals surface area contributed by atoms with Crippen LogP contribution in [0.3, 0.4) is 0 Å². The lowest BCUT2D eigenvalue weighted by Gasteiger charge is -2.08. The van der Waals surface area contributed by atoms with Gasteiger partial charge in [0.15, 0.2) is 5.75 Å². The summed E-state index contributed by atoms with van der Waals surface area (Å²) in [5.74, 6) is -11.9. The Morgan fingerprint density at radius 2 is 1.31 bits per heavy atom. The monoisotopic (exact) mass is 240 g/mol. The van der Waals surface area contributed by atoms with Crippen molar-refractivity contribution in [2.75, 3.05) is 6.61 Å². The minimum Gasteiger partial charge on any atom is -0.487 e. The number of aldehydes is 1. The van der Waals surface area contributed by atoms with Gasteiger partial charge in [0, 0.05) is 6.42 Å². The Hall–Kier alpha value is -1.66. The lowest BCUT2D eigenvalue weighted by molar-refractivity contribution is -0.108. The van der Waals surface area contributed by atoms with E-state index in [1.54, 1.807) is 0 Å². The molecule has 7 heteroatoms. The van der Waals surface area contributed by atoms with Gasteiger partial charge >= 0.3 is 0 Å². The van der Waals surface area contributed by atoms with Crippen LogP contribution in [-0.2, 0) is 4.79 Å². The third kappa shape index (κ3) is 2.12. The molecule has 16 heavy (non-hydrogen) atoms. The SMILES string of the molecule is O=CCCOc1c(F)c(F)c(F)c(F)c1F. The average molecular weight is 240 g/mol. The van der Waals surface area contributed by atoms with Crippen LogP contribution in [0.5, 0.6) is 5.75 Å². The molecule has 0 bridgehead atoms. The van der Waals surface area contributed by atoms with E-state index in [2.05, 4.69) is 4.74 Å². The van der Waals surface area contributed by atoms with Gasteiger partial charge in [0.1, 0.15) is 6.29 Å². The molecule has 0 N–H and O–H groups in total. The average Bonchev–Trinajstić information content (AvgIpc) is 2.28. The molecule has 88 valence electrons. The van der Waals surface area contributed by atoms with Gasteiger partial charge in [-0.05, 0) is 0 Å². The molecule has 0 spiro atoms. The second-order valence-corrected chi connectivity index (χ2v) is 2.70. The standard InChI is InChI=1S/C9H5F5O2/c10-4-5(11)7(13)9(8(14)6(4)12)16-3-1-2-15/h2H,1,3H2. The number of carbonyl (C=O) groups is 1. The Morgan fingerprint density at radius 1 is 0.875 bits per heavy atom. The van der Waals surface area contributed by atoms with Crippen LogP contribution in [0.25, 0.3) is 0 Å². The lowest BCUT2D eigenvalue weighted by Crippen LogP contribution is -2.08. The van der Waals surface area contributed by atoms with Crippen molar-refractivity contribution in [3.63, 3.8) is 0 Å². The predicted molar refractivity (Wildman–Crippen MR) is 42.4 cm³/mol. The van der Waals surface area contributed by atoms with Crippen molar-refractivity contribution in [2.45, 2.75) is 6.42 Å². The molecule has 1 rings (SSSR count). The first-order valence-corrected chi connectivity index (χ1v) is 4.08. The minimum atomic E-state index is -2.25. The largest absolute Gasteiger partial charge is 0.487 e. The number of hydrogen-bond donors (Lipinski definition) is 0. The molecule has 2 nitrogen and oxygen atoms in total. The maximum atomic E-state index is 12.9. The molecule has 0 saturated heterocycles. The molecule has 0 aliphatic rings. The maximum Gasteiger partial charge on any atom is 0.206 e. The van der Waals surface area contributed by atoms with E-state index in [-0.39, 0.29) is 6.42 Å². The highest BCUT2D eigenvalue weighted by atomic mass is 19.2. The van der Waals surface area contributed by atoms with Crippen molar-refractivity contribution in [3.05, 3.63) is 29.1 Å². The fourth-order valence-electron chi connectivity index (χ4n) is 0.921. The van der Waals surface area contributed by atoms with E-state index >= 15 is 0 Å². The van der Waals surface area contributed by atoms with Gasteiger partial charge < -0.3 is 9.53 Å². The lowest BCUT2D eigenvalue weighted by atomic mass is 10.2. The summed E-state index contributed by atoms with van der Waals surface area (Å²) >= 11 is 0. The molecule has 0 amide bonds. The second-order valence-electron chi connectivity index (χ2n) is 2.70. The van der Waals surface area contributed by atoms with E-state index in [4.69, 9.17) is 0 Å². The smallest absolute Gasteiger partial charge is 0.206 e.